The van der Waals surface area contributed by atoms with E-state index < -0.39 is 0 Å². The van der Waals surface area contributed by atoms with Gasteiger partial charge in [-0.1, -0.05) is 18.2 Å². The first kappa shape index (κ1) is 17.6. The number of aryl methyl sites for hydroxylation is 1. The van der Waals surface area contributed by atoms with Crippen LogP contribution in [0.4, 0.5) is 0 Å². The van der Waals surface area contributed by atoms with Gasteiger partial charge in [-0.3, -0.25) is 9.59 Å². The highest BCUT2D eigenvalue weighted by Gasteiger charge is 2.28. The highest BCUT2D eigenvalue weighted by molar-refractivity contribution is 6.02. The van der Waals surface area contributed by atoms with Crippen molar-refractivity contribution in [3.63, 3.8) is 0 Å². The molecule has 0 aliphatic carbocycles. The third-order valence-electron chi connectivity index (χ3n) is 5.85. The van der Waals surface area contributed by atoms with Gasteiger partial charge in [-0.25, -0.2) is 0 Å². The topological polar surface area (TPSA) is 69.0 Å². The van der Waals surface area contributed by atoms with Crippen molar-refractivity contribution in [3.05, 3.63) is 58.5 Å². The number of ketones is 1. The normalized spacial score (nSPS) is 15.4. The summed E-state index contributed by atoms with van der Waals surface area (Å²) in [5.41, 5.74) is 5.26. The number of rotatable bonds is 3. The zero-order valence-electron chi connectivity index (χ0n) is 16.1. The molecule has 1 amide bonds. The molecule has 27 heavy (non-hydrogen) atoms. The Hall–Kier alpha value is -2.82. The van der Waals surface area contributed by atoms with Gasteiger partial charge < -0.3 is 14.9 Å². The van der Waals surface area contributed by atoms with Gasteiger partial charge >= 0.3 is 0 Å². The van der Waals surface area contributed by atoms with Crippen molar-refractivity contribution in [2.24, 2.45) is 0 Å². The van der Waals surface area contributed by atoms with Gasteiger partial charge in [0.15, 0.2) is 5.78 Å². The van der Waals surface area contributed by atoms with Gasteiger partial charge in [-0.15, -0.1) is 0 Å². The summed E-state index contributed by atoms with van der Waals surface area (Å²) < 4.78 is 0. The number of carbonyl (C=O) groups is 2. The lowest BCUT2D eigenvalue weighted by atomic mass is 9.89. The minimum atomic E-state index is -0.00153. The molecule has 0 spiro atoms. The number of nitrogens with one attached hydrogen (secondary N) is 2. The Morgan fingerprint density at radius 1 is 1.11 bits per heavy atom. The minimum absolute atomic E-state index is 0.000441. The maximum absolute atomic E-state index is 13.0. The van der Waals surface area contributed by atoms with E-state index in [-0.39, 0.29) is 11.7 Å². The summed E-state index contributed by atoms with van der Waals surface area (Å²) >= 11 is 0. The average Bonchev–Trinajstić information content (AvgIpc) is 3.22. The summed E-state index contributed by atoms with van der Waals surface area (Å²) in [6.45, 7) is 6.71. The number of likely N-dealkylation sites (tertiary alicyclic amines) is 1. The summed E-state index contributed by atoms with van der Waals surface area (Å²) in [5, 5.41) is 1.28. The van der Waals surface area contributed by atoms with Gasteiger partial charge in [-0.2, -0.15) is 0 Å². The number of piperidine rings is 1. The van der Waals surface area contributed by atoms with E-state index in [4.69, 9.17) is 0 Å². The Balaban J connectivity index is 1.50. The zero-order chi connectivity index (χ0) is 19.1. The molecule has 2 N–H and O–H groups in total. The van der Waals surface area contributed by atoms with Crippen LogP contribution in [0.1, 0.15) is 63.4 Å². The summed E-state index contributed by atoms with van der Waals surface area (Å²) in [7, 11) is 0. The fraction of sp³-hybridized carbons (Fsp3) is 0.364. The van der Waals surface area contributed by atoms with Crippen molar-refractivity contribution < 1.29 is 9.59 Å². The molecule has 1 fully saturated rings. The highest BCUT2D eigenvalue weighted by Crippen LogP contribution is 2.33. The van der Waals surface area contributed by atoms with Crippen LogP contribution in [0.2, 0.25) is 0 Å². The van der Waals surface area contributed by atoms with Crippen molar-refractivity contribution in [2.45, 2.75) is 39.5 Å². The monoisotopic (exact) mass is 363 g/mol. The number of hydrogen-bond acceptors (Lipinski definition) is 2. The van der Waals surface area contributed by atoms with E-state index in [2.05, 4.69) is 34.4 Å². The second-order valence-corrected chi connectivity index (χ2v) is 7.54. The predicted octanol–water partition coefficient (Wildman–Crippen LogP) is 4.34. The number of aromatic amines is 2. The molecule has 1 aromatic carbocycles. The van der Waals surface area contributed by atoms with E-state index in [1.54, 1.807) is 6.92 Å². The Labute approximate surface area is 158 Å². The van der Waals surface area contributed by atoms with Crippen LogP contribution in [0.5, 0.6) is 0 Å². The number of benzene rings is 1. The number of aromatic nitrogens is 2. The van der Waals surface area contributed by atoms with Crippen molar-refractivity contribution >= 4 is 22.6 Å². The third kappa shape index (κ3) is 2.97. The van der Waals surface area contributed by atoms with Crippen LogP contribution in [-0.2, 0) is 0 Å². The van der Waals surface area contributed by atoms with Crippen LogP contribution in [0.25, 0.3) is 10.9 Å². The van der Waals surface area contributed by atoms with Crippen LogP contribution >= 0.6 is 0 Å². The molecule has 3 heterocycles. The largest absolute Gasteiger partial charge is 0.361 e. The van der Waals surface area contributed by atoms with Gasteiger partial charge in [0.05, 0.1) is 0 Å². The van der Waals surface area contributed by atoms with Crippen LogP contribution in [-0.4, -0.2) is 39.6 Å². The maximum atomic E-state index is 13.0. The van der Waals surface area contributed by atoms with Crippen LogP contribution < -0.4 is 0 Å². The van der Waals surface area contributed by atoms with Crippen molar-refractivity contribution in [1.82, 2.24) is 14.9 Å². The van der Waals surface area contributed by atoms with Gasteiger partial charge in [-0.05, 0) is 56.7 Å². The Kier molecular flexibility index (Phi) is 4.38. The van der Waals surface area contributed by atoms with Crippen LogP contribution in [0, 0.1) is 13.8 Å². The molecule has 0 unspecified atom stereocenters. The molecule has 4 rings (SSSR count). The summed E-state index contributed by atoms with van der Waals surface area (Å²) in [6, 6.07) is 8.37. The fourth-order valence-corrected chi connectivity index (χ4v) is 4.48. The quantitative estimate of drug-likeness (QED) is 0.680. The van der Waals surface area contributed by atoms with Crippen molar-refractivity contribution in [2.75, 3.05) is 13.1 Å². The average molecular weight is 363 g/mol. The van der Waals surface area contributed by atoms with Crippen molar-refractivity contribution in [1.29, 1.82) is 0 Å². The summed E-state index contributed by atoms with van der Waals surface area (Å²) in [6.07, 6.45) is 4.02. The second kappa shape index (κ2) is 6.72. The van der Waals surface area contributed by atoms with Crippen LogP contribution in [0.15, 0.2) is 30.5 Å². The fourth-order valence-electron chi connectivity index (χ4n) is 4.48. The molecule has 1 aliphatic heterocycles. The maximum Gasteiger partial charge on any atom is 0.270 e. The summed E-state index contributed by atoms with van der Waals surface area (Å²) in [4.78, 5) is 33.2. The lowest BCUT2D eigenvalue weighted by molar-refractivity contribution is 0.0707. The first-order valence-corrected chi connectivity index (χ1v) is 9.52. The van der Waals surface area contributed by atoms with Gasteiger partial charge in [0.2, 0.25) is 0 Å². The molecule has 140 valence electrons. The molecular formula is C22H25N3O2. The van der Waals surface area contributed by atoms with E-state index in [1.165, 1.54) is 16.5 Å². The number of H-pyrrole nitrogens is 2. The first-order valence-electron chi connectivity index (χ1n) is 9.52. The van der Waals surface area contributed by atoms with E-state index >= 15 is 0 Å². The highest BCUT2D eigenvalue weighted by atomic mass is 16.2. The SMILES string of the molecule is CC(=O)c1c(C)[nH]c(C(=O)N2CCC(c3c[nH]c4ccccc34)CC2)c1C. The number of fused-ring (bicyclic) bond motifs is 1. The Morgan fingerprint density at radius 3 is 2.48 bits per heavy atom. The Morgan fingerprint density at radius 2 is 1.81 bits per heavy atom. The number of nitrogens with zero attached hydrogens (tertiary/aromatic N) is 1. The van der Waals surface area contributed by atoms with E-state index in [0.717, 1.165) is 37.2 Å². The number of carbonyl (C=O) groups excluding carboxylic acids is 2. The van der Waals surface area contributed by atoms with E-state index in [9.17, 15) is 9.59 Å². The zero-order valence-corrected chi connectivity index (χ0v) is 16.1. The molecular weight excluding hydrogens is 338 g/mol. The molecule has 0 radical (unpaired) electrons. The lowest BCUT2D eigenvalue weighted by Crippen LogP contribution is -2.38. The molecule has 1 saturated heterocycles. The molecule has 3 aromatic rings. The molecule has 1 aliphatic rings. The lowest BCUT2D eigenvalue weighted by Gasteiger charge is -2.32. The third-order valence-corrected chi connectivity index (χ3v) is 5.85. The minimum Gasteiger partial charge on any atom is -0.361 e. The molecule has 0 saturated carbocycles. The predicted molar refractivity (Wildman–Crippen MR) is 106 cm³/mol. The molecule has 2 aromatic heterocycles. The molecule has 5 nitrogen and oxygen atoms in total. The standard InChI is InChI=1S/C22H25N3O2/c1-13-20(15(3)26)14(2)24-21(13)22(27)25-10-8-16(9-11-25)18-12-23-19-7-5-4-6-17(18)19/h4-7,12,16,23-24H,8-11H2,1-3H3. The van der Waals surface area contributed by atoms with Gasteiger partial charge in [0, 0.05) is 41.4 Å². The number of hydrogen-bond donors (Lipinski definition) is 2. The van der Waals surface area contributed by atoms with E-state index in [1.807, 2.05) is 24.8 Å². The van der Waals surface area contributed by atoms with E-state index in [0.29, 0.717) is 17.2 Å². The van der Waals surface area contributed by atoms with Crippen molar-refractivity contribution in [3.8, 4) is 0 Å². The molecule has 0 bridgehead atoms. The molecule has 5 heteroatoms. The van der Waals surface area contributed by atoms with Crippen LogP contribution in [0.3, 0.4) is 0 Å². The number of amides is 1. The second-order valence-electron chi connectivity index (χ2n) is 7.54. The van der Waals surface area contributed by atoms with Gasteiger partial charge in [0.25, 0.3) is 5.91 Å². The number of Topliss-reactive ketones (excluding diaryl/α,β-unsaturated/α-hetero) is 1. The molecule has 0 atom stereocenters. The number of para-hydroxylation sites is 1. The Bertz CT molecular complexity index is 1020. The summed E-state index contributed by atoms with van der Waals surface area (Å²) in [5.74, 6) is 0.461. The van der Waals surface area contributed by atoms with Gasteiger partial charge in [0.1, 0.15) is 5.69 Å². The first-order chi connectivity index (χ1) is 13.0. The smallest absolute Gasteiger partial charge is 0.270 e.